The van der Waals surface area contributed by atoms with Gasteiger partial charge in [0.2, 0.25) is 0 Å². The quantitative estimate of drug-likeness (QED) is 0.310. The molecule has 0 unspecified atom stereocenters. The Labute approximate surface area is 98.6 Å². The number of hydrogen-bond acceptors (Lipinski definition) is 8. The Hall–Kier alpha value is -1.45. The molecule has 2 rings (SSSR count). The fraction of sp³-hybridized carbons (Fsp3) is 0.143. The third kappa shape index (κ3) is 2.56. The number of anilines is 1. The minimum atomic E-state index is -0.175. The van der Waals surface area contributed by atoms with Crippen LogP contribution in [0.4, 0.5) is 5.00 Å². The van der Waals surface area contributed by atoms with E-state index in [4.69, 9.17) is 5.84 Å². The average molecular weight is 256 g/mol. The Kier molecular flexibility index (Phi) is 3.49. The van der Waals surface area contributed by atoms with Crippen LogP contribution in [0.15, 0.2) is 22.2 Å². The molecule has 0 fully saturated rings. The summed E-state index contributed by atoms with van der Waals surface area (Å²) in [5.74, 6) is 5.83. The fourth-order valence-electron chi connectivity index (χ4n) is 0.975. The van der Waals surface area contributed by atoms with Gasteiger partial charge in [0.05, 0.1) is 0 Å². The van der Waals surface area contributed by atoms with Gasteiger partial charge >= 0.3 is 0 Å². The SMILES string of the molecule is NNc1snnc1CSc1nccc(=O)[nH]1. The molecule has 0 bridgehead atoms. The maximum atomic E-state index is 11.0. The molecule has 0 atom stereocenters. The normalized spacial score (nSPS) is 10.3. The molecule has 2 aromatic rings. The smallest absolute Gasteiger partial charge is 0.251 e. The molecule has 0 amide bonds. The lowest BCUT2D eigenvalue weighted by atomic mass is 10.5. The monoisotopic (exact) mass is 256 g/mol. The van der Waals surface area contributed by atoms with Crippen LogP contribution in [0, 0.1) is 0 Å². The number of thioether (sulfide) groups is 1. The highest BCUT2D eigenvalue weighted by atomic mass is 32.2. The van der Waals surface area contributed by atoms with Crippen molar-refractivity contribution in [1.82, 2.24) is 19.6 Å². The van der Waals surface area contributed by atoms with Gasteiger partial charge in [-0.2, -0.15) is 0 Å². The molecule has 0 aliphatic heterocycles. The Balaban J connectivity index is 2.05. The molecule has 84 valence electrons. The molecule has 0 spiro atoms. The van der Waals surface area contributed by atoms with Gasteiger partial charge in [-0.25, -0.2) is 10.8 Å². The molecule has 0 saturated heterocycles. The summed E-state index contributed by atoms with van der Waals surface area (Å²) in [5.41, 5.74) is 3.08. The molecular formula is C7H8N6OS2. The van der Waals surface area contributed by atoms with Crippen LogP contribution < -0.4 is 16.8 Å². The molecular weight excluding hydrogens is 248 g/mol. The highest BCUT2D eigenvalue weighted by Gasteiger charge is 2.07. The van der Waals surface area contributed by atoms with Crippen molar-refractivity contribution >= 4 is 28.3 Å². The van der Waals surface area contributed by atoms with Gasteiger partial charge in [-0.15, -0.1) is 5.10 Å². The molecule has 0 radical (unpaired) electrons. The summed E-state index contributed by atoms with van der Waals surface area (Å²) in [7, 11) is 0. The number of nitrogen functional groups attached to an aromatic ring is 1. The molecule has 0 aliphatic rings. The van der Waals surface area contributed by atoms with Gasteiger partial charge in [0, 0.05) is 29.5 Å². The summed E-state index contributed by atoms with van der Waals surface area (Å²) >= 11 is 2.55. The van der Waals surface area contributed by atoms with E-state index >= 15 is 0 Å². The summed E-state index contributed by atoms with van der Waals surface area (Å²) in [6.45, 7) is 0. The average Bonchev–Trinajstić information content (AvgIpc) is 2.74. The van der Waals surface area contributed by atoms with Crippen LogP contribution in [-0.4, -0.2) is 19.6 Å². The molecule has 2 aromatic heterocycles. The Morgan fingerprint density at radius 2 is 2.50 bits per heavy atom. The summed E-state index contributed by atoms with van der Waals surface area (Å²) in [6.07, 6.45) is 1.46. The second-order valence-corrected chi connectivity index (χ2v) is 4.44. The third-order valence-corrected chi connectivity index (χ3v) is 3.28. The van der Waals surface area contributed by atoms with E-state index in [9.17, 15) is 4.79 Å². The lowest BCUT2D eigenvalue weighted by molar-refractivity contribution is 0.934. The minimum absolute atomic E-state index is 0.175. The first-order chi connectivity index (χ1) is 7.79. The standard InChI is InChI=1S/C7H8N6OS2/c8-11-6-4(12-13-16-6)3-15-7-9-2-1-5(14)10-7/h1-2,11H,3,8H2,(H,9,10,14). The summed E-state index contributed by atoms with van der Waals surface area (Å²) in [5, 5.41) is 5.17. The van der Waals surface area contributed by atoms with Crippen molar-refractivity contribution in [2.24, 2.45) is 5.84 Å². The topological polar surface area (TPSA) is 110 Å². The third-order valence-electron chi connectivity index (χ3n) is 1.68. The second kappa shape index (κ2) is 5.05. The van der Waals surface area contributed by atoms with Gasteiger partial charge in [0.25, 0.3) is 5.56 Å². The van der Waals surface area contributed by atoms with E-state index in [1.165, 1.54) is 35.6 Å². The van der Waals surface area contributed by atoms with Crippen molar-refractivity contribution < 1.29 is 0 Å². The molecule has 16 heavy (non-hydrogen) atoms. The van der Waals surface area contributed by atoms with E-state index in [-0.39, 0.29) is 5.56 Å². The summed E-state index contributed by atoms with van der Waals surface area (Å²) < 4.78 is 3.77. The highest BCUT2D eigenvalue weighted by molar-refractivity contribution is 7.98. The van der Waals surface area contributed by atoms with Crippen molar-refractivity contribution in [3.8, 4) is 0 Å². The Bertz CT molecular complexity index is 523. The van der Waals surface area contributed by atoms with Crippen molar-refractivity contribution in [2.75, 3.05) is 5.43 Å². The van der Waals surface area contributed by atoms with E-state index < -0.39 is 0 Å². The predicted molar refractivity (Wildman–Crippen MR) is 62.1 cm³/mol. The van der Waals surface area contributed by atoms with Crippen LogP contribution in [0.25, 0.3) is 0 Å². The van der Waals surface area contributed by atoms with Crippen molar-refractivity contribution in [2.45, 2.75) is 10.9 Å². The van der Waals surface area contributed by atoms with Crippen LogP contribution in [-0.2, 0) is 5.75 Å². The van der Waals surface area contributed by atoms with Crippen LogP contribution in [0.5, 0.6) is 0 Å². The van der Waals surface area contributed by atoms with Gasteiger partial charge in [0.1, 0.15) is 10.7 Å². The zero-order chi connectivity index (χ0) is 11.4. The molecule has 9 heteroatoms. The minimum Gasteiger partial charge on any atom is -0.313 e. The number of rotatable bonds is 4. The van der Waals surface area contributed by atoms with Crippen LogP contribution in [0.2, 0.25) is 0 Å². The van der Waals surface area contributed by atoms with Gasteiger partial charge in [-0.05, 0) is 0 Å². The summed E-state index contributed by atoms with van der Waals surface area (Å²) in [4.78, 5) is 17.6. The maximum absolute atomic E-state index is 11.0. The zero-order valence-electron chi connectivity index (χ0n) is 8.01. The largest absolute Gasteiger partial charge is 0.313 e. The van der Waals surface area contributed by atoms with E-state index in [2.05, 4.69) is 25.0 Å². The van der Waals surface area contributed by atoms with Crippen molar-refractivity contribution in [1.29, 1.82) is 0 Å². The second-order valence-electron chi connectivity index (χ2n) is 2.72. The van der Waals surface area contributed by atoms with Gasteiger partial charge < -0.3 is 10.4 Å². The van der Waals surface area contributed by atoms with Gasteiger partial charge in [-0.3, -0.25) is 4.79 Å². The van der Waals surface area contributed by atoms with Crippen LogP contribution >= 0.6 is 23.3 Å². The Morgan fingerprint density at radius 1 is 1.62 bits per heavy atom. The lowest BCUT2D eigenvalue weighted by Crippen LogP contribution is -2.07. The number of nitrogens with one attached hydrogen (secondary N) is 2. The molecule has 0 aromatic carbocycles. The first kappa shape index (κ1) is 11.0. The first-order valence-corrected chi connectivity index (χ1v) is 6.01. The van der Waals surface area contributed by atoms with Gasteiger partial charge in [0.15, 0.2) is 5.16 Å². The molecule has 7 nitrogen and oxygen atoms in total. The van der Waals surface area contributed by atoms with Gasteiger partial charge in [-0.1, -0.05) is 16.3 Å². The lowest BCUT2D eigenvalue weighted by Gasteiger charge is -1.99. The molecule has 0 saturated carbocycles. The number of nitrogens with zero attached hydrogens (tertiary/aromatic N) is 3. The molecule has 4 N–H and O–H groups in total. The number of aromatic nitrogens is 4. The molecule has 2 heterocycles. The number of hydrazine groups is 1. The van der Waals surface area contributed by atoms with E-state index in [0.717, 1.165) is 5.69 Å². The van der Waals surface area contributed by atoms with Crippen molar-refractivity contribution in [3.05, 3.63) is 28.3 Å². The first-order valence-electron chi connectivity index (χ1n) is 4.25. The number of nitrogens with two attached hydrogens (primary N) is 1. The van der Waals surface area contributed by atoms with E-state index in [1.54, 1.807) is 0 Å². The predicted octanol–water partition coefficient (Wildman–Crippen LogP) is 0.199. The fourth-order valence-corrected chi connectivity index (χ4v) is 2.34. The molecule has 0 aliphatic carbocycles. The highest BCUT2D eigenvalue weighted by Crippen LogP contribution is 2.23. The van der Waals surface area contributed by atoms with Crippen LogP contribution in [0.1, 0.15) is 5.69 Å². The number of aromatic amines is 1. The van der Waals surface area contributed by atoms with Crippen LogP contribution in [0.3, 0.4) is 0 Å². The van der Waals surface area contributed by atoms with Crippen molar-refractivity contribution in [3.63, 3.8) is 0 Å². The maximum Gasteiger partial charge on any atom is 0.251 e. The van der Waals surface area contributed by atoms with E-state index in [0.29, 0.717) is 15.9 Å². The Morgan fingerprint density at radius 3 is 3.25 bits per heavy atom. The van der Waals surface area contributed by atoms with E-state index in [1.807, 2.05) is 0 Å². The number of H-pyrrole nitrogens is 1. The zero-order valence-corrected chi connectivity index (χ0v) is 9.64. The summed E-state index contributed by atoms with van der Waals surface area (Å²) in [6, 6.07) is 1.36. The number of hydrogen-bond donors (Lipinski definition) is 3.